The molecule has 1 heterocycles. The van der Waals surface area contributed by atoms with E-state index in [1.54, 1.807) is 31.4 Å². The molecular formula is C20H30N2O4S2. The lowest BCUT2D eigenvalue weighted by Crippen LogP contribution is -2.45. The molecule has 1 aromatic rings. The molecule has 1 atom stereocenters. The number of thioether (sulfide) groups is 1. The van der Waals surface area contributed by atoms with E-state index in [2.05, 4.69) is 5.32 Å². The van der Waals surface area contributed by atoms with Crippen molar-refractivity contribution in [3.8, 4) is 5.75 Å². The fourth-order valence-corrected chi connectivity index (χ4v) is 6.61. The molecule has 156 valence electrons. The van der Waals surface area contributed by atoms with E-state index in [0.29, 0.717) is 25.3 Å². The minimum Gasteiger partial charge on any atom is -0.497 e. The minimum atomic E-state index is -3.60. The van der Waals surface area contributed by atoms with Crippen molar-refractivity contribution >= 4 is 27.7 Å². The van der Waals surface area contributed by atoms with Crippen molar-refractivity contribution in [1.82, 2.24) is 9.62 Å². The average molecular weight is 427 g/mol. The third kappa shape index (κ3) is 5.42. The van der Waals surface area contributed by atoms with Gasteiger partial charge in [0.25, 0.3) is 0 Å². The standard InChI is InChI=1S/C20H30N2O4S2/c1-26-17-8-10-19(11-9-17)28(24,25)22-13-4-5-16(15-22)20(23)21-12-14-27-18-6-2-3-7-18/h8-11,16,18H,2-7,12-15H2,1H3,(H,21,23)/t16-/m0/s1. The number of hydrogen-bond donors (Lipinski definition) is 1. The van der Waals surface area contributed by atoms with Gasteiger partial charge in [-0.2, -0.15) is 16.1 Å². The van der Waals surface area contributed by atoms with Gasteiger partial charge < -0.3 is 10.1 Å². The van der Waals surface area contributed by atoms with Crippen molar-refractivity contribution in [3.63, 3.8) is 0 Å². The molecule has 28 heavy (non-hydrogen) atoms. The fourth-order valence-electron chi connectivity index (χ4n) is 3.87. The summed E-state index contributed by atoms with van der Waals surface area (Å²) in [5, 5.41) is 3.75. The van der Waals surface area contributed by atoms with Gasteiger partial charge in [0, 0.05) is 30.6 Å². The van der Waals surface area contributed by atoms with Crippen LogP contribution in [0.5, 0.6) is 5.75 Å². The van der Waals surface area contributed by atoms with E-state index in [0.717, 1.165) is 17.4 Å². The lowest BCUT2D eigenvalue weighted by Gasteiger charge is -2.31. The summed E-state index contributed by atoms with van der Waals surface area (Å²) < 4.78 is 32.4. The second-order valence-electron chi connectivity index (χ2n) is 7.45. The van der Waals surface area contributed by atoms with Crippen molar-refractivity contribution in [3.05, 3.63) is 24.3 Å². The molecule has 1 saturated carbocycles. The fraction of sp³-hybridized carbons (Fsp3) is 0.650. The van der Waals surface area contributed by atoms with Crippen LogP contribution in [0.25, 0.3) is 0 Å². The number of nitrogens with zero attached hydrogens (tertiary/aromatic N) is 1. The number of benzene rings is 1. The highest BCUT2D eigenvalue weighted by molar-refractivity contribution is 7.99. The molecule has 1 saturated heterocycles. The SMILES string of the molecule is COc1ccc(S(=O)(=O)N2CCC[C@H](C(=O)NCCSC3CCCC3)C2)cc1. The van der Waals surface area contributed by atoms with Gasteiger partial charge >= 0.3 is 0 Å². The largest absolute Gasteiger partial charge is 0.497 e. The summed E-state index contributed by atoms with van der Waals surface area (Å²) in [4.78, 5) is 12.8. The van der Waals surface area contributed by atoms with Gasteiger partial charge in [-0.1, -0.05) is 12.8 Å². The second-order valence-corrected chi connectivity index (χ2v) is 10.8. The molecule has 2 aliphatic rings. The Bertz CT molecular complexity index is 746. The molecule has 1 aromatic carbocycles. The molecule has 1 aliphatic carbocycles. The van der Waals surface area contributed by atoms with E-state index >= 15 is 0 Å². The first-order valence-electron chi connectivity index (χ1n) is 10.0. The lowest BCUT2D eigenvalue weighted by molar-refractivity contribution is -0.125. The maximum atomic E-state index is 12.9. The summed E-state index contributed by atoms with van der Waals surface area (Å²) in [5.41, 5.74) is 0. The van der Waals surface area contributed by atoms with Gasteiger partial charge in [-0.3, -0.25) is 4.79 Å². The highest BCUT2D eigenvalue weighted by atomic mass is 32.2. The predicted molar refractivity (Wildman–Crippen MR) is 112 cm³/mol. The van der Waals surface area contributed by atoms with Crippen LogP contribution in [-0.4, -0.2) is 56.4 Å². The van der Waals surface area contributed by atoms with Crippen LogP contribution in [0, 0.1) is 5.92 Å². The zero-order chi connectivity index (χ0) is 20.0. The van der Waals surface area contributed by atoms with Crippen LogP contribution in [0.2, 0.25) is 0 Å². The monoisotopic (exact) mass is 426 g/mol. The zero-order valence-corrected chi connectivity index (χ0v) is 18.1. The van der Waals surface area contributed by atoms with Gasteiger partial charge in [-0.25, -0.2) is 8.42 Å². The van der Waals surface area contributed by atoms with Crippen molar-refractivity contribution in [2.24, 2.45) is 5.92 Å². The topological polar surface area (TPSA) is 75.7 Å². The normalized spacial score (nSPS) is 21.5. The molecule has 2 fully saturated rings. The Labute approximate surface area is 172 Å². The molecular weight excluding hydrogens is 396 g/mol. The zero-order valence-electron chi connectivity index (χ0n) is 16.4. The maximum absolute atomic E-state index is 12.9. The summed E-state index contributed by atoms with van der Waals surface area (Å²) >= 11 is 1.95. The van der Waals surface area contributed by atoms with E-state index in [9.17, 15) is 13.2 Å². The Hall–Kier alpha value is -1.25. The van der Waals surface area contributed by atoms with Crippen LogP contribution in [-0.2, 0) is 14.8 Å². The molecule has 8 heteroatoms. The van der Waals surface area contributed by atoms with Crippen molar-refractivity contribution in [1.29, 1.82) is 0 Å². The van der Waals surface area contributed by atoms with Gasteiger partial charge in [0.2, 0.25) is 15.9 Å². The van der Waals surface area contributed by atoms with E-state index in [-0.39, 0.29) is 23.3 Å². The molecule has 0 spiro atoms. The molecule has 0 bridgehead atoms. The number of piperidine rings is 1. The van der Waals surface area contributed by atoms with Crippen LogP contribution in [0.4, 0.5) is 0 Å². The van der Waals surface area contributed by atoms with Crippen molar-refractivity contribution < 1.29 is 17.9 Å². The number of rotatable bonds is 8. The van der Waals surface area contributed by atoms with Crippen molar-refractivity contribution in [2.75, 3.05) is 32.5 Å². The van der Waals surface area contributed by atoms with Gasteiger partial charge in [0.05, 0.1) is 17.9 Å². The van der Waals surface area contributed by atoms with Crippen molar-refractivity contribution in [2.45, 2.75) is 48.7 Å². The Morgan fingerprint density at radius 2 is 1.89 bits per heavy atom. The van der Waals surface area contributed by atoms with Crippen LogP contribution in [0.15, 0.2) is 29.2 Å². The Kier molecular flexibility index (Phi) is 7.65. The van der Waals surface area contributed by atoms with E-state index in [1.165, 1.54) is 30.0 Å². The molecule has 3 rings (SSSR count). The molecule has 1 aliphatic heterocycles. The van der Waals surface area contributed by atoms with Gasteiger partial charge in [-0.15, -0.1) is 0 Å². The maximum Gasteiger partial charge on any atom is 0.243 e. The minimum absolute atomic E-state index is 0.0262. The van der Waals surface area contributed by atoms with Gasteiger partial charge in [-0.05, 0) is 49.9 Å². The number of nitrogens with one attached hydrogen (secondary N) is 1. The molecule has 0 aromatic heterocycles. The van der Waals surface area contributed by atoms with Crippen LogP contribution < -0.4 is 10.1 Å². The van der Waals surface area contributed by atoms with Gasteiger partial charge in [0.15, 0.2) is 0 Å². The number of methoxy groups -OCH3 is 1. The number of carbonyl (C=O) groups is 1. The summed E-state index contributed by atoms with van der Waals surface area (Å²) in [6.45, 7) is 1.35. The number of ether oxygens (including phenoxy) is 1. The van der Waals surface area contributed by atoms with E-state index in [1.807, 2.05) is 11.8 Å². The Balaban J connectivity index is 1.51. The quantitative estimate of drug-likeness (QED) is 0.647. The first-order valence-corrected chi connectivity index (χ1v) is 12.5. The molecule has 6 nitrogen and oxygen atoms in total. The molecule has 0 unspecified atom stereocenters. The first kappa shape index (κ1) is 21.5. The smallest absolute Gasteiger partial charge is 0.243 e. The first-order chi connectivity index (χ1) is 13.5. The molecule has 1 amide bonds. The van der Waals surface area contributed by atoms with Crippen LogP contribution in [0.3, 0.4) is 0 Å². The third-order valence-electron chi connectivity index (χ3n) is 5.51. The predicted octanol–water partition coefficient (Wildman–Crippen LogP) is 2.89. The summed E-state index contributed by atoms with van der Waals surface area (Å²) in [6, 6.07) is 6.39. The van der Waals surface area contributed by atoms with E-state index in [4.69, 9.17) is 4.74 Å². The van der Waals surface area contributed by atoms with Crippen LogP contribution in [0.1, 0.15) is 38.5 Å². The van der Waals surface area contributed by atoms with Crippen LogP contribution >= 0.6 is 11.8 Å². The lowest BCUT2D eigenvalue weighted by atomic mass is 9.99. The van der Waals surface area contributed by atoms with E-state index < -0.39 is 10.0 Å². The number of sulfonamides is 1. The number of hydrogen-bond acceptors (Lipinski definition) is 5. The Morgan fingerprint density at radius 1 is 1.18 bits per heavy atom. The highest BCUT2D eigenvalue weighted by Gasteiger charge is 2.33. The summed E-state index contributed by atoms with van der Waals surface area (Å²) in [6.07, 6.45) is 6.66. The van der Waals surface area contributed by atoms with Gasteiger partial charge in [0.1, 0.15) is 5.75 Å². The summed E-state index contributed by atoms with van der Waals surface area (Å²) in [5.74, 6) is 1.24. The average Bonchev–Trinajstić information content (AvgIpc) is 3.24. The molecule has 1 N–H and O–H groups in total. The third-order valence-corrected chi connectivity index (χ3v) is 8.77. The Morgan fingerprint density at radius 3 is 2.57 bits per heavy atom. The highest BCUT2D eigenvalue weighted by Crippen LogP contribution is 2.29. The second kappa shape index (κ2) is 9.98. The molecule has 0 radical (unpaired) electrons. The number of amides is 1. The summed E-state index contributed by atoms with van der Waals surface area (Å²) in [7, 11) is -2.05. The number of carbonyl (C=O) groups excluding carboxylic acids is 1.